The zero-order valence-corrected chi connectivity index (χ0v) is 23.1. The fraction of sp³-hybridized carbons (Fsp3) is 0.310. The number of hydrogen-bond donors (Lipinski definition) is 1. The molecule has 0 saturated heterocycles. The van der Waals surface area contributed by atoms with E-state index >= 15 is 0 Å². The molecule has 0 aliphatic heterocycles. The molecule has 0 aliphatic carbocycles. The first-order valence-electron chi connectivity index (χ1n) is 12.3. The minimum atomic E-state index is -4.15. The number of halogens is 1. The largest absolute Gasteiger partial charge is 0.350 e. The number of nitrogens with one attached hydrogen (secondary N) is 1. The van der Waals surface area contributed by atoms with Crippen LogP contribution in [0.2, 0.25) is 0 Å². The van der Waals surface area contributed by atoms with E-state index in [2.05, 4.69) is 5.32 Å². The van der Waals surface area contributed by atoms with Crippen LogP contribution in [0.15, 0.2) is 83.8 Å². The van der Waals surface area contributed by atoms with Crippen LogP contribution >= 0.6 is 0 Å². The second-order valence-corrected chi connectivity index (χ2v) is 12.0. The van der Waals surface area contributed by atoms with Gasteiger partial charge in [-0.1, -0.05) is 54.6 Å². The Kier molecular flexibility index (Phi) is 8.93. The Morgan fingerprint density at radius 2 is 1.50 bits per heavy atom. The summed E-state index contributed by atoms with van der Waals surface area (Å²) in [6.45, 7) is 7.95. The Morgan fingerprint density at radius 3 is 2.11 bits per heavy atom. The fourth-order valence-electron chi connectivity index (χ4n) is 3.94. The third-order valence-electron chi connectivity index (χ3n) is 5.96. The van der Waals surface area contributed by atoms with Crippen LogP contribution in [-0.2, 0) is 26.2 Å². The average Bonchev–Trinajstić information content (AvgIpc) is 2.86. The summed E-state index contributed by atoms with van der Waals surface area (Å²) in [5.41, 5.74) is 0.632. The first kappa shape index (κ1) is 28.8. The van der Waals surface area contributed by atoms with Crippen LogP contribution in [-0.4, -0.2) is 43.3 Å². The van der Waals surface area contributed by atoms with Crippen molar-refractivity contribution in [2.24, 2.45) is 0 Å². The quantitative estimate of drug-likeness (QED) is 0.429. The number of benzene rings is 3. The van der Waals surface area contributed by atoms with Crippen molar-refractivity contribution in [3.8, 4) is 0 Å². The number of para-hydroxylation sites is 1. The molecule has 0 saturated carbocycles. The van der Waals surface area contributed by atoms with Crippen LogP contribution in [0.5, 0.6) is 0 Å². The maximum absolute atomic E-state index is 14.6. The summed E-state index contributed by atoms with van der Waals surface area (Å²) >= 11 is 0. The molecule has 3 rings (SSSR count). The maximum atomic E-state index is 14.6. The summed E-state index contributed by atoms with van der Waals surface area (Å²) in [5.74, 6) is -1.61. The topological polar surface area (TPSA) is 86.8 Å². The zero-order chi connectivity index (χ0) is 28.1. The second-order valence-electron chi connectivity index (χ2n) is 10.1. The van der Waals surface area contributed by atoms with E-state index in [1.165, 1.54) is 35.2 Å². The van der Waals surface area contributed by atoms with Crippen molar-refractivity contribution in [1.29, 1.82) is 0 Å². The molecule has 202 valence electrons. The van der Waals surface area contributed by atoms with Gasteiger partial charge in [0.15, 0.2) is 0 Å². The molecule has 38 heavy (non-hydrogen) atoms. The molecule has 7 nitrogen and oxygen atoms in total. The smallest absolute Gasteiger partial charge is 0.264 e. The molecule has 0 spiro atoms. The van der Waals surface area contributed by atoms with Crippen LogP contribution in [0, 0.1) is 12.7 Å². The standard InChI is InChI=1S/C29H34FN3O4S/c1-21-13-9-12-18-26(21)33(38(36,37)24-15-7-6-8-16-24)20-27(34)32(19-23-14-10-11-17-25(23)30)22(2)28(35)31-29(3,4)5/h6-18,22H,19-20H2,1-5H3,(H,31,35)/t22-/m0/s1. The van der Waals surface area contributed by atoms with E-state index < -0.39 is 45.8 Å². The van der Waals surface area contributed by atoms with Crippen molar-refractivity contribution in [1.82, 2.24) is 10.2 Å². The van der Waals surface area contributed by atoms with E-state index in [0.29, 0.717) is 11.3 Å². The first-order valence-corrected chi connectivity index (χ1v) is 13.7. The van der Waals surface area contributed by atoms with Gasteiger partial charge in [0.1, 0.15) is 18.4 Å². The van der Waals surface area contributed by atoms with Crippen molar-refractivity contribution in [3.05, 3.63) is 95.8 Å². The summed E-state index contributed by atoms with van der Waals surface area (Å²) in [5, 5.41) is 2.85. The maximum Gasteiger partial charge on any atom is 0.264 e. The van der Waals surface area contributed by atoms with Gasteiger partial charge in [-0.25, -0.2) is 12.8 Å². The third kappa shape index (κ3) is 6.98. The van der Waals surface area contributed by atoms with Crippen LogP contribution < -0.4 is 9.62 Å². The highest BCUT2D eigenvalue weighted by atomic mass is 32.2. The second kappa shape index (κ2) is 11.8. The average molecular weight is 540 g/mol. The summed E-state index contributed by atoms with van der Waals surface area (Å²) < 4.78 is 43.2. The highest BCUT2D eigenvalue weighted by molar-refractivity contribution is 7.92. The number of anilines is 1. The normalized spacial score (nSPS) is 12.5. The molecular weight excluding hydrogens is 505 g/mol. The van der Waals surface area contributed by atoms with E-state index in [4.69, 9.17) is 0 Å². The summed E-state index contributed by atoms with van der Waals surface area (Å²) in [6, 6.07) is 19.7. The number of hydrogen-bond acceptors (Lipinski definition) is 4. The number of amides is 2. The molecule has 2 amide bonds. The number of carbonyl (C=O) groups excluding carboxylic acids is 2. The fourth-order valence-corrected chi connectivity index (χ4v) is 5.44. The van der Waals surface area contributed by atoms with E-state index in [9.17, 15) is 22.4 Å². The van der Waals surface area contributed by atoms with Crippen molar-refractivity contribution in [2.45, 2.75) is 57.6 Å². The molecule has 1 atom stereocenters. The third-order valence-corrected chi connectivity index (χ3v) is 7.73. The van der Waals surface area contributed by atoms with Gasteiger partial charge < -0.3 is 10.2 Å². The molecule has 3 aromatic rings. The number of rotatable bonds is 9. The molecule has 0 radical (unpaired) electrons. The number of aryl methyl sites for hydroxylation is 1. The summed E-state index contributed by atoms with van der Waals surface area (Å²) in [6.07, 6.45) is 0. The van der Waals surface area contributed by atoms with Gasteiger partial charge in [-0.05, 0) is 64.4 Å². The molecule has 3 aromatic carbocycles. The van der Waals surface area contributed by atoms with Gasteiger partial charge in [0.2, 0.25) is 11.8 Å². The highest BCUT2D eigenvalue weighted by Crippen LogP contribution is 2.27. The van der Waals surface area contributed by atoms with Gasteiger partial charge in [-0.2, -0.15) is 0 Å². The predicted octanol–water partition coefficient (Wildman–Crippen LogP) is 4.66. The van der Waals surface area contributed by atoms with E-state index in [1.807, 2.05) is 20.8 Å². The Bertz CT molecular complexity index is 1390. The Balaban J connectivity index is 2.05. The van der Waals surface area contributed by atoms with Gasteiger partial charge in [0.25, 0.3) is 10.0 Å². The van der Waals surface area contributed by atoms with Crippen LogP contribution in [0.3, 0.4) is 0 Å². The molecule has 0 unspecified atom stereocenters. The Morgan fingerprint density at radius 1 is 0.921 bits per heavy atom. The number of carbonyl (C=O) groups is 2. The lowest BCUT2D eigenvalue weighted by molar-refractivity contribution is -0.140. The molecule has 0 heterocycles. The molecule has 0 fully saturated rings. The summed E-state index contributed by atoms with van der Waals surface area (Å²) in [7, 11) is -4.15. The van der Waals surface area contributed by atoms with Crippen molar-refractivity contribution >= 4 is 27.5 Å². The number of sulfonamides is 1. The molecule has 0 bridgehead atoms. The molecular formula is C29H34FN3O4S. The molecule has 0 aromatic heterocycles. The van der Waals surface area contributed by atoms with E-state index in [-0.39, 0.29) is 17.0 Å². The van der Waals surface area contributed by atoms with E-state index in [0.717, 1.165) is 4.31 Å². The highest BCUT2D eigenvalue weighted by Gasteiger charge is 2.34. The van der Waals surface area contributed by atoms with Crippen molar-refractivity contribution in [3.63, 3.8) is 0 Å². The van der Waals surface area contributed by atoms with Crippen LogP contribution in [0.4, 0.5) is 10.1 Å². The predicted molar refractivity (Wildman–Crippen MR) is 146 cm³/mol. The van der Waals surface area contributed by atoms with Gasteiger partial charge >= 0.3 is 0 Å². The lowest BCUT2D eigenvalue weighted by Crippen LogP contribution is -2.54. The van der Waals surface area contributed by atoms with Gasteiger partial charge in [-0.3, -0.25) is 13.9 Å². The lowest BCUT2D eigenvalue weighted by Gasteiger charge is -2.33. The molecule has 1 N–H and O–H groups in total. The van der Waals surface area contributed by atoms with Crippen molar-refractivity contribution in [2.75, 3.05) is 10.8 Å². The Labute approximate surface area is 224 Å². The lowest BCUT2D eigenvalue weighted by atomic mass is 10.1. The van der Waals surface area contributed by atoms with Gasteiger partial charge in [0, 0.05) is 17.6 Å². The minimum absolute atomic E-state index is 0.0234. The molecule has 0 aliphatic rings. The minimum Gasteiger partial charge on any atom is -0.350 e. The van der Waals surface area contributed by atoms with Crippen molar-refractivity contribution < 1.29 is 22.4 Å². The monoisotopic (exact) mass is 539 g/mol. The summed E-state index contributed by atoms with van der Waals surface area (Å²) in [4.78, 5) is 28.2. The first-order chi connectivity index (χ1) is 17.8. The van der Waals surface area contributed by atoms with Gasteiger partial charge in [-0.15, -0.1) is 0 Å². The zero-order valence-electron chi connectivity index (χ0n) is 22.3. The van der Waals surface area contributed by atoms with Gasteiger partial charge in [0.05, 0.1) is 10.6 Å². The van der Waals surface area contributed by atoms with Crippen LogP contribution in [0.25, 0.3) is 0 Å². The van der Waals surface area contributed by atoms with E-state index in [1.54, 1.807) is 62.4 Å². The SMILES string of the molecule is Cc1ccccc1N(CC(=O)N(Cc1ccccc1F)[C@@H](C)C(=O)NC(C)(C)C)S(=O)(=O)c1ccccc1. The molecule has 9 heteroatoms. The Hall–Kier alpha value is -3.72. The van der Waals surface area contributed by atoms with Crippen LogP contribution in [0.1, 0.15) is 38.8 Å². The number of nitrogens with zero attached hydrogens (tertiary/aromatic N) is 2.